The standard InChI is InChI=1S/C22H25N5O3/c1-13-6-7-18-16(8-13)14(2)25-22(26-18)27-21(23)12-24-11-17-19(29-4)9-15(28-3)10-20(17)30-5/h6-11H,12H2,1-5H3,(H2,23,25,26,27)/b24-11+. The molecule has 0 amide bonds. The molecule has 156 valence electrons. The van der Waals surface area contributed by atoms with Crippen LogP contribution in [0.2, 0.25) is 0 Å². The van der Waals surface area contributed by atoms with E-state index in [-0.39, 0.29) is 12.4 Å². The van der Waals surface area contributed by atoms with E-state index in [1.54, 1.807) is 39.7 Å². The molecule has 30 heavy (non-hydrogen) atoms. The number of amidine groups is 1. The summed E-state index contributed by atoms with van der Waals surface area (Å²) in [6.45, 7) is 4.08. The second kappa shape index (κ2) is 9.21. The van der Waals surface area contributed by atoms with E-state index >= 15 is 0 Å². The fraction of sp³-hybridized carbons (Fsp3) is 0.273. The molecule has 0 aliphatic rings. The first kappa shape index (κ1) is 21.0. The number of nitrogens with one attached hydrogen (secondary N) is 2. The van der Waals surface area contributed by atoms with Gasteiger partial charge in [-0.25, -0.2) is 9.97 Å². The van der Waals surface area contributed by atoms with E-state index in [1.807, 2.05) is 26.0 Å². The summed E-state index contributed by atoms with van der Waals surface area (Å²) in [5.41, 5.74) is 3.51. The van der Waals surface area contributed by atoms with Crippen molar-refractivity contribution in [2.75, 3.05) is 33.2 Å². The van der Waals surface area contributed by atoms with E-state index in [0.29, 0.717) is 28.8 Å². The number of ether oxygens (including phenoxy) is 3. The molecule has 0 fully saturated rings. The third-order valence-corrected chi connectivity index (χ3v) is 4.53. The minimum Gasteiger partial charge on any atom is -0.496 e. The van der Waals surface area contributed by atoms with Crippen molar-refractivity contribution in [3.8, 4) is 17.2 Å². The largest absolute Gasteiger partial charge is 0.496 e. The van der Waals surface area contributed by atoms with Crippen LogP contribution >= 0.6 is 0 Å². The minimum atomic E-state index is 0.118. The number of hydrogen-bond acceptors (Lipinski definition) is 7. The zero-order chi connectivity index (χ0) is 21.7. The fourth-order valence-corrected chi connectivity index (χ4v) is 3.01. The quantitative estimate of drug-likeness (QED) is 0.456. The Labute approximate surface area is 175 Å². The van der Waals surface area contributed by atoms with Gasteiger partial charge in [0.05, 0.1) is 44.6 Å². The summed E-state index contributed by atoms with van der Waals surface area (Å²) in [6, 6.07) is 9.51. The number of hydrogen-bond donors (Lipinski definition) is 2. The van der Waals surface area contributed by atoms with Crippen molar-refractivity contribution in [3.63, 3.8) is 0 Å². The Hall–Kier alpha value is -3.68. The van der Waals surface area contributed by atoms with Crippen molar-refractivity contribution in [1.82, 2.24) is 9.97 Å². The van der Waals surface area contributed by atoms with Crippen LogP contribution in [0.15, 0.2) is 35.3 Å². The van der Waals surface area contributed by atoms with Crippen LogP contribution < -0.4 is 19.5 Å². The van der Waals surface area contributed by atoms with Crippen LogP contribution in [0, 0.1) is 19.3 Å². The van der Waals surface area contributed by atoms with Crippen LogP contribution in [-0.2, 0) is 0 Å². The maximum Gasteiger partial charge on any atom is 0.228 e. The number of aryl methyl sites for hydroxylation is 2. The van der Waals surface area contributed by atoms with Gasteiger partial charge in [-0.05, 0) is 26.0 Å². The zero-order valence-corrected chi connectivity index (χ0v) is 17.7. The van der Waals surface area contributed by atoms with Crippen LogP contribution in [0.25, 0.3) is 10.9 Å². The highest BCUT2D eigenvalue weighted by atomic mass is 16.5. The normalized spacial score (nSPS) is 11.0. The van der Waals surface area contributed by atoms with E-state index in [1.165, 1.54) is 0 Å². The Morgan fingerprint density at radius 3 is 2.37 bits per heavy atom. The van der Waals surface area contributed by atoms with Gasteiger partial charge in [0.15, 0.2) is 0 Å². The van der Waals surface area contributed by atoms with Gasteiger partial charge in [-0.15, -0.1) is 0 Å². The lowest BCUT2D eigenvalue weighted by molar-refractivity contribution is 0.374. The van der Waals surface area contributed by atoms with Crippen molar-refractivity contribution in [3.05, 3.63) is 47.2 Å². The molecule has 1 heterocycles. The molecule has 8 heteroatoms. The molecule has 0 spiro atoms. The molecule has 0 saturated carbocycles. The molecule has 3 aromatic rings. The van der Waals surface area contributed by atoms with Gasteiger partial charge in [0.25, 0.3) is 0 Å². The number of anilines is 1. The summed E-state index contributed by atoms with van der Waals surface area (Å²) in [4.78, 5) is 13.3. The zero-order valence-electron chi connectivity index (χ0n) is 17.7. The number of nitrogens with zero attached hydrogens (tertiary/aromatic N) is 3. The third-order valence-electron chi connectivity index (χ3n) is 4.53. The number of rotatable bonds is 7. The number of benzene rings is 2. The smallest absolute Gasteiger partial charge is 0.228 e. The molecular formula is C22H25N5O3. The Morgan fingerprint density at radius 1 is 1.03 bits per heavy atom. The van der Waals surface area contributed by atoms with Crippen LogP contribution in [-0.4, -0.2) is 49.9 Å². The van der Waals surface area contributed by atoms with Crippen molar-refractivity contribution in [2.45, 2.75) is 13.8 Å². The van der Waals surface area contributed by atoms with E-state index in [9.17, 15) is 0 Å². The van der Waals surface area contributed by atoms with Crippen molar-refractivity contribution < 1.29 is 14.2 Å². The molecule has 0 aliphatic heterocycles. The predicted octanol–water partition coefficient (Wildman–Crippen LogP) is 3.78. The van der Waals surface area contributed by atoms with Gasteiger partial charge < -0.3 is 19.5 Å². The monoisotopic (exact) mass is 407 g/mol. The molecular weight excluding hydrogens is 382 g/mol. The van der Waals surface area contributed by atoms with Gasteiger partial charge in [0, 0.05) is 23.7 Å². The maximum atomic E-state index is 8.18. The van der Waals surface area contributed by atoms with Crippen LogP contribution in [0.4, 0.5) is 5.95 Å². The molecule has 2 N–H and O–H groups in total. The number of fused-ring (bicyclic) bond motifs is 1. The second-order valence-corrected chi connectivity index (χ2v) is 6.67. The summed E-state index contributed by atoms with van der Waals surface area (Å²) in [5, 5.41) is 12.1. The summed E-state index contributed by atoms with van der Waals surface area (Å²) >= 11 is 0. The van der Waals surface area contributed by atoms with E-state index in [4.69, 9.17) is 19.6 Å². The fourth-order valence-electron chi connectivity index (χ4n) is 3.01. The van der Waals surface area contributed by atoms with Crippen molar-refractivity contribution >= 4 is 28.9 Å². The van der Waals surface area contributed by atoms with Crippen LogP contribution in [0.1, 0.15) is 16.8 Å². The summed E-state index contributed by atoms with van der Waals surface area (Å²) in [5.74, 6) is 2.30. The first-order valence-electron chi connectivity index (χ1n) is 9.34. The average Bonchev–Trinajstić information content (AvgIpc) is 2.74. The molecule has 0 aliphatic carbocycles. The van der Waals surface area contributed by atoms with E-state index in [2.05, 4.69) is 26.3 Å². The Morgan fingerprint density at radius 2 is 1.73 bits per heavy atom. The number of aliphatic imine (C=N–C) groups is 1. The lowest BCUT2D eigenvalue weighted by Crippen LogP contribution is -2.16. The Bertz CT molecular complexity index is 1090. The molecule has 1 aromatic heterocycles. The topological polar surface area (TPSA) is 102 Å². The van der Waals surface area contributed by atoms with Crippen molar-refractivity contribution in [2.24, 2.45) is 4.99 Å². The highest BCUT2D eigenvalue weighted by Crippen LogP contribution is 2.32. The van der Waals surface area contributed by atoms with Gasteiger partial charge in [-0.2, -0.15) is 0 Å². The third kappa shape index (κ3) is 4.65. The van der Waals surface area contributed by atoms with Crippen molar-refractivity contribution in [1.29, 1.82) is 5.41 Å². The second-order valence-electron chi connectivity index (χ2n) is 6.67. The van der Waals surface area contributed by atoms with Gasteiger partial charge in [0.1, 0.15) is 23.1 Å². The molecule has 8 nitrogen and oxygen atoms in total. The molecule has 2 aromatic carbocycles. The SMILES string of the molecule is COc1cc(OC)c(/C=N/CC(=N)Nc2nc(C)c3cc(C)ccc3n2)c(OC)c1. The molecule has 0 bridgehead atoms. The lowest BCUT2D eigenvalue weighted by atomic mass is 10.1. The van der Waals surface area contributed by atoms with Crippen LogP contribution in [0.5, 0.6) is 17.2 Å². The average molecular weight is 407 g/mol. The highest BCUT2D eigenvalue weighted by Gasteiger charge is 2.12. The molecule has 0 radical (unpaired) electrons. The maximum absolute atomic E-state index is 8.18. The van der Waals surface area contributed by atoms with Gasteiger partial charge in [0.2, 0.25) is 5.95 Å². The summed E-state index contributed by atoms with van der Waals surface area (Å²) < 4.78 is 16.1. The van der Waals surface area contributed by atoms with E-state index < -0.39 is 0 Å². The number of methoxy groups -OCH3 is 3. The minimum absolute atomic E-state index is 0.118. The molecule has 3 rings (SSSR count). The summed E-state index contributed by atoms with van der Waals surface area (Å²) in [6.07, 6.45) is 1.61. The first-order chi connectivity index (χ1) is 14.4. The summed E-state index contributed by atoms with van der Waals surface area (Å²) in [7, 11) is 4.71. The van der Waals surface area contributed by atoms with Gasteiger partial charge in [-0.3, -0.25) is 10.4 Å². The Kier molecular flexibility index (Phi) is 6.46. The number of aromatic nitrogens is 2. The first-order valence-corrected chi connectivity index (χ1v) is 9.34. The van der Waals surface area contributed by atoms with Gasteiger partial charge >= 0.3 is 0 Å². The predicted molar refractivity (Wildman–Crippen MR) is 119 cm³/mol. The van der Waals surface area contributed by atoms with Gasteiger partial charge in [-0.1, -0.05) is 11.6 Å². The van der Waals surface area contributed by atoms with Crippen LogP contribution in [0.3, 0.4) is 0 Å². The Balaban J connectivity index is 1.74. The molecule has 0 saturated heterocycles. The molecule has 0 unspecified atom stereocenters. The van der Waals surface area contributed by atoms with E-state index in [0.717, 1.165) is 22.2 Å². The molecule has 0 atom stereocenters. The lowest BCUT2D eigenvalue weighted by Gasteiger charge is -2.12. The highest BCUT2D eigenvalue weighted by molar-refractivity contribution is 5.96.